The van der Waals surface area contributed by atoms with Crippen LogP contribution in [0.25, 0.3) is 16.7 Å². The minimum absolute atomic E-state index is 0.318. The monoisotopic (exact) mass is 218 g/mol. The average Bonchev–Trinajstić information content (AvgIpc) is 2.36. The van der Waals surface area contributed by atoms with E-state index >= 15 is 0 Å². The number of fused-ring (bicyclic) bond motifs is 1. The fraction of sp³-hybridized carbons (Fsp3) is 0.333. The number of imidazole rings is 1. The fourth-order valence-electron chi connectivity index (χ4n) is 1.43. The van der Waals surface area contributed by atoms with Gasteiger partial charge in [-0.05, 0) is 39.0 Å². The topological polar surface area (TPSA) is 44.1 Å². The second-order valence-corrected chi connectivity index (χ2v) is 4.61. The summed E-state index contributed by atoms with van der Waals surface area (Å²) in [6, 6.07) is 6.27. The van der Waals surface area contributed by atoms with Crippen LogP contribution in [0.2, 0.25) is 0 Å². The van der Waals surface area contributed by atoms with Gasteiger partial charge < -0.3 is 4.74 Å². The SMILES string of the molecule is CC(C)(C)OC=O.c1cc2ncn3c2cc1-3. The molecule has 0 radical (unpaired) electrons. The van der Waals surface area contributed by atoms with Gasteiger partial charge in [0.25, 0.3) is 6.47 Å². The normalized spacial score (nSPS) is 11.7. The molecule has 1 aromatic heterocycles. The van der Waals surface area contributed by atoms with Crippen molar-refractivity contribution in [3.8, 4) is 5.69 Å². The Kier molecular flexibility index (Phi) is 2.42. The zero-order valence-corrected chi connectivity index (χ0v) is 9.60. The second kappa shape index (κ2) is 3.63. The molecule has 0 amide bonds. The maximum Gasteiger partial charge on any atom is 0.293 e. The van der Waals surface area contributed by atoms with Crippen molar-refractivity contribution >= 4 is 17.5 Å². The first kappa shape index (κ1) is 10.7. The highest BCUT2D eigenvalue weighted by Gasteiger charge is 2.12. The van der Waals surface area contributed by atoms with Crippen LogP contribution in [0.1, 0.15) is 20.8 Å². The molecule has 0 saturated carbocycles. The van der Waals surface area contributed by atoms with Crippen molar-refractivity contribution in [2.24, 2.45) is 0 Å². The second-order valence-electron chi connectivity index (χ2n) is 4.61. The standard InChI is InChI=1S/C7H4N2.C5H10O2/c1-2-6-7-3-5(1)9(7)4-8-6;1-5(2,3)7-4-6/h1-4H;4H,1-3H3. The van der Waals surface area contributed by atoms with Crippen LogP contribution in [0.5, 0.6) is 0 Å². The maximum atomic E-state index is 9.60. The Balaban J connectivity index is 0.000000127. The van der Waals surface area contributed by atoms with Gasteiger partial charge in [0, 0.05) is 5.69 Å². The summed E-state index contributed by atoms with van der Waals surface area (Å²) in [6.45, 7) is 5.92. The number of carbonyl (C=O) groups is 1. The first-order valence-electron chi connectivity index (χ1n) is 5.10. The van der Waals surface area contributed by atoms with Crippen LogP contribution in [-0.2, 0) is 9.53 Å². The number of hydrogen-bond acceptors (Lipinski definition) is 3. The van der Waals surface area contributed by atoms with E-state index in [4.69, 9.17) is 0 Å². The average molecular weight is 218 g/mol. The summed E-state index contributed by atoms with van der Waals surface area (Å²) < 4.78 is 6.64. The van der Waals surface area contributed by atoms with Gasteiger partial charge in [-0.2, -0.15) is 0 Å². The van der Waals surface area contributed by atoms with E-state index in [2.05, 4.69) is 26.4 Å². The van der Waals surface area contributed by atoms with E-state index < -0.39 is 0 Å². The van der Waals surface area contributed by atoms with Crippen molar-refractivity contribution < 1.29 is 9.53 Å². The molecule has 4 bridgehead atoms. The van der Waals surface area contributed by atoms with Crippen molar-refractivity contribution in [1.29, 1.82) is 0 Å². The van der Waals surface area contributed by atoms with Crippen LogP contribution >= 0.6 is 0 Å². The van der Waals surface area contributed by atoms with Crippen LogP contribution in [0, 0.1) is 0 Å². The lowest BCUT2D eigenvalue weighted by Gasteiger charge is -2.14. The van der Waals surface area contributed by atoms with Crippen molar-refractivity contribution in [1.82, 2.24) is 9.55 Å². The number of rotatable bonds is 1. The summed E-state index contributed by atoms with van der Waals surface area (Å²) in [6.07, 6.45) is 1.86. The molecule has 0 unspecified atom stereocenters. The van der Waals surface area contributed by atoms with Gasteiger partial charge in [-0.3, -0.25) is 9.36 Å². The smallest absolute Gasteiger partial charge is 0.293 e. The lowest BCUT2D eigenvalue weighted by molar-refractivity contribution is -0.138. The van der Waals surface area contributed by atoms with E-state index in [0.29, 0.717) is 6.47 Å². The highest BCUT2D eigenvalue weighted by atomic mass is 16.5. The Morgan fingerprint density at radius 3 is 2.50 bits per heavy atom. The van der Waals surface area contributed by atoms with Gasteiger partial charge in [-0.25, -0.2) is 4.98 Å². The lowest BCUT2D eigenvalue weighted by Crippen LogP contribution is -2.17. The molecule has 0 atom stereocenters. The highest BCUT2D eigenvalue weighted by Crippen LogP contribution is 2.27. The number of nitrogens with zero attached hydrogens (tertiary/aromatic N) is 2. The summed E-state index contributed by atoms with van der Waals surface area (Å²) in [5.41, 5.74) is 3.30. The Hall–Kier alpha value is -1.84. The van der Waals surface area contributed by atoms with E-state index in [0.717, 1.165) is 5.52 Å². The lowest BCUT2D eigenvalue weighted by atomic mass is 10.2. The number of ether oxygens (including phenoxy) is 1. The summed E-state index contributed by atoms with van der Waals surface area (Å²) in [5.74, 6) is 0. The third kappa shape index (κ3) is 1.91. The Labute approximate surface area is 93.9 Å². The molecule has 2 aromatic rings. The molecule has 1 aromatic carbocycles. The Morgan fingerprint density at radius 2 is 2.12 bits per heavy atom. The number of aromatic nitrogens is 2. The van der Waals surface area contributed by atoms with Gasteiger partial charge in [-0.15, -0.1) is 0 Å². The third-order valence-corrected chi connectivity index (χ3v) is 2.21. The van der Waals surface area contributed by atoms with Crippen LogP contribution in [0.15, 0.2) is 24.5 Å². The minimum atomic E-state index is -0.318. The van der Waals surface area contributed by atoms with Crippen LogP contribution in [0.4, 0.5) is 0 Å². The first-order valence-corrected chi connectivity index (χ1v) is 5.10. The molecule has 0 fully saturated rings. The number of hydrogen-bond donors (Lipinski definition) is 0. The predicted molar refractivity (Wildman–Crippen MR) is 61.5 cm³/mol. The summed E-state index contributed by atoms with van der Waals surface area (Å²) in [4.78, 5) is 13.8. The van der Waals surface area contributed by atoms with Gasteiger partial charge in [0.1, 0.15) is 11.9 Å². The molecule has 2 aliphatic heterocycles. The molecule has 0 saturated heterocycles. The van der Waals surface area contributed by atoms with Gasteiger partial charge in [0.15, 0.2) is 0 Å². The van der Waals surface area contributed by atoms with Gasteiger partial charge in [0.05, 0.1) is 11.0 Å². The van der Waals surface area contributed by atoms with E-state index in [9.17, 15) is 4.79 Å². The molecule has 0 aliphatic carbocycles. The van der Waals surface area contributed by atoms with Crippen LogP contribution in [0.3, 0.4) is 0 Å². The van der Waals surface area contributed by atoms with E-state index in [1.54, 1.807) is 0 Å². The first-order chi connectivity index (χ1) is 7.51. The number of pyridine rings is 1. The third-order valence-electron chi connectivity index (χ3n) is 2.21. The van der Waals surface area contributed by atoms with Gasteiger partial charge in [-0.1, -0.05) is 0 Å². The molecule has 0 N–H and O–H groups in total. The quantitative estimate of drug-likeness (QED) is 0.589. The molecule has 3 heterocycles. The molecule has 4 heteroatoms. The molecule has 4 rings (SSSR count). The fourth-order valence-corrected chi connectivity index (χ4v) is 1.43. The van der Waals surface area contributed by atoms with E-state index in [1.807, 2.05) is 33.2 Å². The molecule has 0 spiro atoms. The van der Waals surface area contributed by atoms with Crippen molar-refractivity contribution in [3.63, 3.8) is 0 Å². The van der Waals surface area contributed by atoms with Crippen LogP contribution < -0.4 is 0 Å². The Bertz CT molecular complexity index is 518. The predicted octanol–water partition coefficient (Wildman–Crippen LogP) is 2.30. The summed E-state index contributed by atoms with van der Waals surface area (Å²) in [7, 11) is 0. The molecular formula is C12H14N2O2. The van der Waals surface area contributed by atoms with Gasteiger partial charge in [0.2, 0.25) is 0 Å². The minimum Gasteiger partial charge on any atom is -0.462 e. The maximum absolute atomic E-state index is 9.60. The van der Waals surface area contributed by atoms with Gasteiger partial charge >= 0.3 is 0 Å². The Morgan fingerprint density at radius 1 is 1.38 bits per heavy atom. The van der Waals surface area contributed by atoms with Crippen LogP contribution in [-0.4, -0.2) is 21.6 Å². The van der Waals surface area contributed by atoms with Crippen molar-refractivity contribution in [3.05, 3.63) is 24.5 Å². The largest absolute Gasteiger partial charge is 0.462 e. The molecule has 16 heavy (non-hydrogen) atoms. The van der Waals surface area contributed by atoms with E-state index in [-0.39, 0.29) is 5.60 Å². The molecule has 2 aliphatic rings. The highest BCUT2D eigenvalue weighted by molar-refractivity contribution is 5.85. The molecule has 84 valence electrons. The number of benzene rings is 1. The van der Waals surface area contributed by atoms with Crippen molar-refractivity contribution in [2.75, 3.05) is 0 Å². The zero-order valence-electron chi connectivity index (χ0n) is 9.60. The molecular weight excluding hydrogens is 204 g/mol. The summed E-state index contributed by atoms with van der Waals surface area (Å²) in [5, 5.41) is 0. The van der Waals surface area contributed by atoms with Crippen molar-refractivity contribution in [2.45, 2.75) is 26.4 Å². The van der Waals surface area contributed by atoms with E-state index in [1.165, 1.54) is 11.2 Å². The zero-order chi connectivity index (χ0) is 11.8. The molecule has 4 nitrogen and oxygen atoms in total. The number of carbonyl (C=O) groups excluding carboxylic acids is 1. The summed E-state index contributed by atoms with van der Waals surface area (Å²) >= 11 is 0.